The molecule has 0 spiro atoms. The van der Waals surface area contributed by atoms with E-state index in [4.69, 9.17) is 0 Å². The van der Waals surface area contributed by atoms with Crippen LogP contribution in [0.2, 0.25) is 0 Å². The molecule has 0 fully saturated rings. The number of carbonyl (C=O) groups excluding carboxylic acids is 2. The van der Waals surface area contributed by atoms with Crippen LogP contribution in [-0.4, -0.2) is 21.8 Å². The number of aromatic amines is 1. The highest BCUT2D eigenvalue weighted by Gasteiger charge is 2.25. The van der Waals surface area contributed by atoms with Gasteiger partial charge in [0.05, 0.1) is 22.2 Å². The SMILES string of the molecule is O=C(Nc1ccc(-c2nc3ccccc3[nH]2)cc1)c1cccc2c1C(=O)NC2. The molecule has 3 aromatic carbocycles. The number of fused-ring (bicyclic) bond motifs is 2. The Morgan fingerprint density at radius 1 is 0.964 bits per heavy atom. The second-order valence-electron chi connectivity index (χ2n) is 6.66. The van der Waals surface area contributed by atoms with E-state index in [1.165, 1.54) is 0 Å². The lowest BCUT2D eigenvalue weighted by Crippen LogP contribution is -2.19. The Bertz CT molecular complexity index is 1190. The molecule has 0 radical (unpaired) electrons. The molecule has 1 aliphatic heterocycles. The van der Waals surface area contributed by atoms with Crippen LogP contribution in [0.4, 0.5) is 5.69 Å². The number of amides is 2. The molecule has 0 atom stereocenters. The Hall–Kier alpha value is -3.93. The van der Waals surface area contributed by atoms with Crippen LogP contribution in [0.15, 0.2) is 66.7 Å². The number of nitrogens with zero attached hydrogens (tertiary/aromatic N) is 1. The van der Waals surface area contributed by atoms with Gasteiger partial charge in [-0.15, -0.1) is 0 Å². The molecule has 0 bridgehead atoms. The third-order valence-electron chi connectivity index (χ3n) is 4.87. The summed E-state index contributed by atoms with van der Waals surface area (Å²) in [5.74, 6) is 0.267. The van der Waals surface area contributed by atoms with Crippen LogP contribution in [0, 0.1) is 0 Å². The smallest absolute Gasteiger partial charge is 0.256 e. The van der Waals surface area contributed by atoms with Crippen LogP contribution < -0.4 is 10.6 Å². The molecule has 1 aromatic heterocycles. The summed E-state index contributed by atoms with van der Waals surface area (Å²) < 4.78 is 0. The third kappa shape index (κ3) is 2.72. The molecule has 0 saturated carbocycles. The molecule has 0 saturated heterocycles. The van der Waals surface area contributed by atoms with E-state index in [0.717, 1.165) is 28.0 Å². The van der Waals surface area contributed by atoms with Gasteiger partial charge >= 0.3 is 0 Å². The summed E-state index contributed by atoms with van der Waals surface area (Å²) in [6.45, 7) is 0.460. The number of hydrogen-bond acceptors (Lipinski definition) is 3. The number of rotatable bonds is 3. The number of benzene rings is 3. The number of anilines is 1. The first kappa shape index (κ1) is 16.3. The molecule has 3 N–H and O–H groups in total. The molecule has 6 heteroatoms. The maximum Gasteiger partial charge on any atom is 0.256 e. The van der Waals surface area contributed by atoms with Gasteiger partial charge in [0.15, 0.2) is 0 Å². The fourth-order valence-corrected chi connectivity index (χ4v) is 3.47. The summed E-state index contributed by atoms with van der Waals surface area (Å²) in [6, 6.07) is 20.6. The van der Waals surface area contributed by atoms with E-state index in [0.29, 0.717) is 23.4 Å². The normalized spacial score (nSPS) is 12.6. The van der Waals surface area contributed by atoms with Crippen LogP contribution in [0.3, 0.4) is 0 Å². The van der Waals surface area contributed by atoms with Crippen LogP contribution in [-0.2, 0) is 6.54 Å². The van der Waals surface area contributed by atoms with Gasteiger partial charge in [-0.25, -0.2) is 4.98 Å². The van der Waals surface area contributed by atoms with Crippen LogP contribution in [0.25, 0.3) is 22.4 Å². The molecule has 136 valence electrons. The molecule has 4 aromatic rings. The molecular formula is C22H16N4O2. The minimum Gasteiger partial charge on any atom is -0.348 e. The van der Waals surface area contributed by atoms with Gasteiger partial charge in [0.2, 0.25) is 0 Å². The average Bonchev–Trinajstić information content (AvgIpc) is 3.32. The van der Waals surface area contributed by atoms with Crippen molar-refractivity contribution in [1.29, 1.82) is 0 Å². The Kier molecular flexibility index (Phi) is 3.69. The lowest BCUT2D eigenvalue weighted by molar-refractivity contribution is 0.0952. The zero-order chi connectivity index (χ0) is 19.1. The van der Waals surface area contributed by atoms with Crippen LogP contribution in [0.1, 0.15) is 26.3 Å². The van der Waals surface area contributed by atoms with Crippen molar-refractivity contribution in [3.05, 3.63) is 83.4 Å². The van der Waals surface area contributed by atoms with Gasteiger partial charge in [0.1, 0.15) is 5.82 Å². The molecule has 0 unspecified atom stereocenters. The summed E-state index contributed by atoms with van der Waals surface area (Å²) in [7, 11) is 0. The van der Waals surface area contributed by atoms with E-state index in [2.05, 4.69) is 20.6 Å². The molecule has 1 aliphatic rings. The van der Waals surface area contributed by atoms with Crippen molar-refractivity contribution < 1.29 is 9.59 Å². The maximum absolute atomic E-state index is 12.7. The Morgan fingerprint density at radius 2 is 1.79 bits per heavy atom. The first-order valence-corrected chi connectivity index (χ1v) is 8.96. The topological polar surface area (TPSA) is 86.9 Å². The van der Waals surface area contributed by atoms with Crippen molar-refractivity contribution in [3.8, 4) is 11.4 Å². The lowest BCUT2D eigenvalue weighted by atomic mass is 10.0. The number of para-hydroxylation sites is 2. The molecule has 5 rings (SSSR count). The standard InChI is InChI=1S/C22H16N4O2/c27-21(16-5-3-4-14-12-23-22(28)19(14)16)24-15-10-8-13(9-11-15)20-25-17-6-1-2-7-18(17)26-20/h1-11H,12H2,(H,23,28)(H,24,27)(H,25,26). The van der Waals surface area contributed by atoms with Crippen molar-refractivity contribution in [2.75, 3.05) is 5.32 Å². The van der Waals surface area contributed by atoms with E-state index in [1.807, 2.05) is 54.6 Å². The van der Waals surface area contributed by atoms with Gasteiger partial charge in [0, 0.05) is 17.8 Å². The fraction of sp³-hybridized carbons (Fsp3) is 0.0455. The highest BCUT2D eigenvalue weighted by atomic mass is 16.2. The molecular weight excluding hydrogens is 352 g/mol. The molecule has 0 aliphatic carbocycles. The third-order valence-corrected chi connectivity index (χ3v) is 4.87. The highest BCUT2D eigenvalue weighted by Crippen LogP contribution is 2.24. The quantitative estimate of drug-likeness (QED) is 0.515. The first-order chi connectivity index (χ1) is 13.7. The predicted molar refractivity (Wildman–Crippen MR) is 107 cm³/mol. The number of imidazole rings is 1. The fourth-order valence-electron chi connectivity index (χ4n) is 3.47. The molecule has 2 amide bonds. The maximum atomic E-state index is 12.7. The molecule has 2 heterocycles. The second kappa shape index (κ2) is 6.35. The van der Waals surface area contributed by atoms with Crippen molar-refractivity contribution in [1.82, 2.24) is 15.3 Å². The Morgan fingerprint density at radius 3 is 2.61 bits per heavy atom. The highest BCUT2D eigenvalue weighted by molar-refractivity contribution is 6.13. The van der Waals surface area contributed by atoms with Gasteiger partial charge in [0.25, 0.3) is 11.8 Å². The van der Waals surface area contributed by atoms with E-state index < -0.39 is 0 Å². The average molecular weight is 368 g/mol. The number of H-pyrrole nitrogens is 1. The van der Waals surface area contributed by atoms with Crippen molar-refractivity contribution in [2.24, 2.45) is 0 Å². The van der Waals surface area contributed by atoms with Gasteiger partial charge < -0.3 is 15.6 Å². The molecule has 6 nitrogen and oxygen atoms in total. The second-order valence-corrected chi connectivity index (χ2v) is 6.66. The predicted octanol–water partition coefficient (Wildman–Crippen LogP) is 3.73. The van der Waals surface area contributed by atoms with E-state index in [1.54, 1.807) is 12.1 Å². The van der Waals surface area contributed by atoms with E-state index in [-0.39, 0.29) is 11.8 Å². The first-order valence-electron chi connectivity index (χ1n) is 8.96. The number of nitrogens with one attached hydrogen (secondary N) is 3. The Balaban J connectivity index is 1.39. The van der Waals surface area contributed by atoms with E-state index in [9.17, 15) is 9.59 Å². The summed E-state index contributed by atoms with van der Waals surface area (Å²) in [5, 5.41) is 5.62. The largest absolute Gasteiger partial charge is 0.348 e. The summed E-state index contributed by atoms with van der Waals surface area (Å²) in [5.41, 5.74) is 5.15. The Labute approximate surface area is 160 Å². The summed E-state index contributed by atoms with van der Waals surface area (Å²) in [6.07, 6.45) is 0. The van der Waals surface area contributed by atoms with E-state index >= 15 is 0 Å². The minimum atomic E-state index is -0.301. The summed E-state index contributed by atoms with van der Waals surface area (Å²) >= 11 is 0. The van der Waals surface area contributed by atoms with Crippen molar-refractivity contribution >= 4 is 28.5 Å². The van der Waals surface area contributed by atoms with Gasteiger partial charge in [-0.2, -0.15) is 0 Å². The number of aromatic nitrogens is 2. The van der Waals surface area contributed by atoms with Crippen molar-refractivity contribution in [3.63, 3.8) is 0 Å². The van der Waals surface area contributed by atoms with Gasteiger partial charge in [-0.1, -0.05) is 24.3 Å². The van der Waals surface area contributed by atoms with Crippen molar-refractivity contribution in [2.45, 2.75) is 6.54 Å². The van der Waals surface area contributed by atoms with Gasteiger partial charge in [-0.05, 0) is 48.0 Å². The minimum absolute atomic E-state index is 0.207. The van der Waals surface area contributed by atoms with Crippen LogP contribution >= 0.6 is 0 Å². The zero-order valence-corrected chi connectivity index (χ0v) is 14.8. The van der Waals surface area contributed by atoms with Crippen LogP contribution in [0.5, 0.6) is 0 Å². The molecule has 28 heavy (non-hydrogen) atoms. The monoisotopic (exact) mass is 368 g/mol. The number of hydrogen-bond donors (Lipinski definition) is 3. The number of carbonyl (C=O) groups is 2. The van der Waals surface area contributed by atoms with Gasteiger partial charge in [-0.3, -0.25) is 9.59 Å². The zero-order valence-electron chi connectivity index (χ0n) is 14.8. The summed E-state index contributed by atoms with van der Waals surface area (Å²) in [4.78, 5) is 32.6. The lowest BCUT2D eigenvalue weighted by Gasteiger charge is -2.08.